The van der Waals surface area contributed by atoms with Crippen LogP contribution in [-0.4, -0.2) is 87.3 Å². The van der Waals surface area contributed by atoms with E-state index in [4.69, 9.17) is 0 Å². The Hall–Kier alpha value is -1.48. The highest BCUT2D eigenvalue weighted by atomic mass is 32.2. The Labute approximate surface area is 187 Å². The van der Waals surface area contributed by atoms with E-state index in [1.807, 2.05) is 12.1 Å². The van der Waals surface area contributed by atoms with Gasteiger partial charge in [-0.15, -0.1) is 0 Å². The standard InChI is InChI=1S/C23H38N4O3S/c1-20(2)18-21-6-8-22(9-7-21)31(29,30)27(15-5-14-25-12-3-4-13-25)19-23(28)26-16-10-24-11-17-26/h6-9,20,24H,3-5,10-19H2,1-2H3. The van der Waals surface area contributed by atoms with E-state index < -0.39 is 10.0 Å². The van der Waals surface area contributed by atoms with Crippen LogP contribution < -0.4 is 5.32 Å². The molecular weight excluding hydrogens is 412 g/mol. The Balaban J connectivity index is 1.71. The molecule has 0 atom stereocenters. The van der Waals surface area contributed by atoms with Crippen molar-refractivity contribution in [2.24, 2.45) is 5.92 Å². The lowest BCUT2D eigenvalue weighted by Crippen LogP contribution is -2.50. The van der Waals surface area contributed by atoms with E-state index in [-0.39, 0.29) is 17.3 Å². The van der Waals surface area contributed by atoms with Crippen LogP contribution in [0.5, 0.6) is 0 Å². The van der Waals surface area contributed by atoms with Crippen molar-refractivity contribution in [3.05, 3.63) is 29.8 Å². The molecule has 3 rings (SSSR count). The summed E-state index contributed by atoms with van der Waals surface area (Å²) in [4.78, 5) is 17.3. The molecule has 174 valence electrons. The Bertz CT molecular complexity index is 799. The molecule has 7 nitrogen and oxygen atoms in total. The molecule has 0 aromatic heterocycles. The molecule has 1 N–H and O–H groups in total. The maximum atomic E-state index is 13.4. The van der Waals surface area contributed by atoms with E-state index in [2.05, 4.69) is 24.1 Å². The number of carbonyl (C=O) groups excluding carboxylic acids is 1. The number of likely N-dealkylation sites (tertiary alicyclic amines) is 1. The molecule has 1 aromatic rings. The minimum Gasteiger partial charge on any atom is -0.339 e. The number of hydrogen-bond donors (Lipinski definition) is 1. The zero-order valence-corrected chi connectivity index (χ0v) is 19.9. The first kappa shape index (κ1) is 24.2. The Morgan fingerprint density at radius 3 is 2.32 bits per heavy atom. The number of amides is 1. The van der Waals surface area contributed by atoms with Crippen LogP contribution in [0.1, 0.15) is 38.7 Å². The highest BCUT2D eigenvalue weighted by Crippen LogP contribution is 2.19. The van der Waals surface area contributed by atoms with Gasteiger partial charge in [-0.3, -0.25) is 4.79 Å². The molecule has 0 unspecified atom stereocenters. The lowest BCUT2D eigenvalue weighted by Gasteiger charge is -2.30. The van der Waals surface area contributed by atoms with Crippen molar-refractivity contribution in [3.63, 3.8) is 0 Å². The number of nitrogens with one attached hydrogen (secondary N) is 1. The topological polar surface area (TPSA) is 73.0 Å². The number of sulfonamides is 1. The van der Waals surface area contributed by atoms with Gasteiger partial charge in [-0.1, -0.05) is 26.0 Å². The third-order valence-electron chi connectivity index (χ3n) is 6.07. The van der Waals surface area contributed by atoms with Crippen molar-refractivity contribution in [2.75, 3.05) is 58.9 Å². The van der Waals surface area contributed by atoms with Gasteiger partial charge < -0.3 is 15.1 Å². The van der Waals surface area contributed by atoms with Gasteiger partial charge in [0.05, 0.1) is 11.4 Å². The molecule has 0 saturated carbocycles. The summed E-state index contributed by atoms with van der Waals surface area (Å²) >= 11 is 0. The first-order valence-corrected chi connectivity index (χ1v) is 13.1. The summed E-state index contributed by atoms with van der Waals surface area (Å²) in [5.41, 5.74) is 1.13. The van der Waals surface area contributed by atoms with Crippen LogP contribution in [0.25, 0.3) is 0 Å². The zero-order valence-electron chi connectivity index (χ0n) is 19.1. The largest absolute Gasteiger partial charge is 0.339 e. The van der Waals surface area contributed by atoms with Gasteiger partial charge in [-0.2, -0.15) is 4.31 Å². The van der Waals surface area contributed by atoms with E-state index in [1.165, 1.54) is 17.1 Å². The fourth-order valence-corrected chi connectivity index (χ4v) is 5.77. The summed E-state index contributed by atoms with van der Waals surface area (Å²) in [7, 11) is -3.72. The van der Waals surface area contributed by atoms with Crippen LogP contribution in [0.15, 0.2) is 29.2 Å². The van der Waals surface area contributed by atoms with Crippen LogP contribution in [-0.2, 0) is 21.2 Å². The summed E-state index contributed by atoms with van der Waals surface area (Å²) < 4.78 is 28.3. The number of benzene rings is 1. The van der Waals surface area contributed by atoms with Crippen LogP contribution in [0, 0.1) is 5.92 Å². The van der Waals surface area contributed by atoms with Crippen molar-refractivity contribution >= 4 is 15.9 Å². The molecule has 0 bridgehead atoms. The normalized spacial score (nSPS) is 18.3. The van der Waals surface area contributed by atoms with E-state index in [1.54, 1.807) is 17.0 Å². The van der Waals surface area contributed by atoms with Gasteiger partial charge in [0.2, 0.25) is 15.9 Å². The summed E-state index contributed by atoms with van der Waals surface area (Å²) in [6, 6.07) is 7.17. The van der Waals surface area contributed by atoms with Gasteiger partial charge in [0.15, 0.2) is 0 Å². The van der Waals surface area contributed by atoms with Gasteiger partial charge in [0.1, 0.15) is 0 Å². The van der Waals surface area contributed by atoms with Crippen LogP contribution >= 0.6 is 0 Å². The minimum absolute atomic E-state index is 0.0872. The highest BCUT2D eigenvalue weighted by molar-refractivity contribution is 7.89. The maximum Gasteiger partial charge on any atom is 0.243 e. The number of nitrogens with zero attached hydrogens (tertiary/aromatic N) is 3. The number of carbonyl (C=O) groups is 1. The molecule has 2 heterocycles. The van der Waals surface area contributed by atoms with Crippen molar-refractivity contribution in [3.8, 4) is 0 Å². The van der Waals surface area contributed by atoms with E-state index in [9.17, 15) is 13.2 Å². The molecular formula is C23H38N4O3S. The number of piperazine rings is 1. The monoisotopic (exact) mass is 450 g/mol. The molecule has 2 saturated heterocycles. The lowest BCUT2D eigenvalue weighted by atomic mass is 10.0. The molecule has 0 spiro atoms. The first-order valence-electron chi connectivity index (χ1n) is 11.7. The van der Waals surface area contributed by atoms with Crippen molar-refractivity contribution in [1.82, 2.24) is 19.4 Å². The summed E-state index contributed by atoms with van der Waals surface area (Å²) in [5, 5.41) is 3.23. The molecule has 31 heavy (non-hydrogen) atoms. The smallest absolute Gasteiger partial charge is 0.243 e. The highest BCUT2D eigenvalue weighted by Gasteiger charge is 2.29. The second-order valence-electron chi connectivity index (χ2n) is 9.11. The molecule has 1 amide bonds. The van der Waals surface area contributed by atoms with Gasteiger partial charge in [0.25, 0.3) is 0 Å². The predicted octanol–water partition coefficient (Wildman–Crippen LogP) is 1.79. The predicted molar refractivity (Wildman–Crippen MR) is 123 cm³/mol. The second-order valence-corrected chi connectivity index (χ2v) is 11.1. The summed E-state index contributed by atoms with van der Waals surface area (Å²) in [6.45, 7) is 10.4. The SMILES string of the molecule is CC(C)Cc1ccc(S(=O)(=O)N(CCCN2CCCC2)CC(=O)N2CCNCC2)cc1. The van der Waals surface area contributed by atoms with Crippen molar-refractivity contribution in [2.45, 2.75) is 44.4 Å². The fourth-order valence-electron chi connectivity index (χ4n) is 4.34. The van der Waals surface area contributed by atoms with Gasteiger partial charge in [0, 0.05) is 32.7 Å². The number of rotatable bonds is 10. The van der Waals surface area contributed by atoms with E-state index in [0.29, 0.717) is 25.6 Å². The third kappa shape index (κ3) is 7.00. The van der Waals surface area contributed by atoms with E-state index >= 15 is 0 Å². The molecule has 2 fully saturated rings. The molecule has 8 heteroatoms. The Kier molecular flexibility index (Phi) is 8.89. The Morgan fingerprint density at radius 2 is 1.71 bits per heavy atom. The number of hydrogen-bond acceptors (Lipinski definition) is 5. The molecule has 0 aliphatic carbocycles. The molecule has 0 radical (unpaired) electrons. The quantitative estimate of drug-likeness (QED) is 0.588. The summed E-state index contributed by atoms with van der Waals surface area (Å²) in [5.74, 6) is 0.406. The average molecular weight is 451 g/mol. The van der Waals surface area contributed by atoms with Crippen LogP contribution in [0.3, 0.4) is 0 Å². The summed E-state index contributed by atoms with van der Waals surface area (Å²) in [6.07, 6.45) is 4.08. The second kappa shape index (κ2) is 11.4. The molecule has 1 aromatic carbocycles. The van der Waals surface area contributed by atoms with Crippen molar-refractivity contribution < 1.29 is 13.2 Å². The average Bonchev–Trinajstić information content (AvgIpc) is 3.27. The van der Waals surface area contributed by atoms with Crippen LogP contribution in [0.4, 0.5) is 0 Å². The lowest BCUT2D eigenvalue weighted by molar-refractivity contribution is -0.132. The maximum absolute atomic E-state index is 13.4. The van der Waals surface area contributed by atoms with Gasteiger partial charge in [-0.05, 0) is 68.9 Å². The van der Waals surface area contributed by atoms with Crippen molar-refractivity contribution in [1.29, 1.82) is 0 Å². The van der Waals surface area contributed by atoms with Crippen LogP contribution in [0.2, 0.25) is 0 Å². The molecule has 2 aliphatic heterocycles. The molecule has 2 aliphatic rings. The first-order chi connectivity index (χ1) is 14.9. The minimum atomic E-state index is -3.72. The third-order valence-corrected chi connectivity index (χ3v) is 7.93. The van der Waals surface area contributed by atoms with Gasteiger partial charge in [-0.25, -0.2) is 8.42 Å². The fraction of sp³-hybridized carbons (Fsp3) is 0.696. The van der Waals surface area contributed by atoms with Gasteiger partial charge >= 0.3 is 0 Å². The Morgan fingerprint density at radius 1 is 1.06 bits per heavy atom. The zero-order chi connectivity index (χ0) is 22.3. The van der Waals surface area contributed by atoms with E-state index in [0.717, 1.165) is 51.1 Å².